The molecule has 0 saturated carbocycles. The predicted molar refractivity (Wildman–Crippen MR) is 72.0 cm³/mol. The zero-order chi connectivity index (χ0) is 13.0. The van der Waals surface area contributed by atoms with Gasteiger partial charge in [-0.15, -0.1) is 0 Å². The van der Waals surface area contributed by atoms with Crippen molar-refractivity contribution in [2.24, 2.45) is 0 Å². The number of hydrogen-bond acceptors (Lipinski definition) is 2. The lowest BCUT2D eigenvalue weighted by molar-refractivity contribution is 0.0635. The standard InChI is InChI=1S/C15H21NO2/c1-3-18-14-9-6-8-13(11-14)15(17)16-10-5-4-7-12(16)2/h6,8-9,11-12H,3-5,7,10H2,1-2H3. The van der Waals surface area contributed by atoms with Crippen molar-refractivity contribution in [2.45, 2.75) is 39.2 Å². The second-order valence-corrected chi connectivity index (χ2v) is 4.80. The summed E-state index contributed by atoms with van der Waals surface area (Å²) in [4.78, 5) is 14.4. The predicted octanol–water partition coefficient (Wildman–Crippen LogP) is 3.10. The highest BCUT2D eigenvalue weighted by Gasteiger charge is 2.24. The first kappa shape index (κ1) is 12.9. The molecule has 3 nitrogen and oxygen atoms in total. The van der Waals surface area contributed by atoms with Gasteiger partial charge >= 0.3 is 0 Å². The Balaban J connectivity index is 2.14. The van der Waals surface area contributed by atoms with Crippen molar-refractivity contribution in [3.8, 4) is 5.75 Å². The number of likely N-dealkylation sites (tertiary alicyclic amines) is 1. The minimum atomic E-state index is 0.128. The molecule has 1 fully saturated rings. The van der Waals surface area contributed by atoms with E-state index in [4.69, 9.17) is 4.74 Å². The highest BCUT2D eigenvalue weighted by molar-refractivity contribution is 5.94. The molecule has 1 aliphatic heterocycles. The second kappa shape index (κ2) is 5.89. The SMILES string of the molecule is CCOc1cccc(C(=O)N2CCCCC2C)c1. The number of carbonyl (C=O) groups is 1. The van der Waals surface area contributed by atoms with Crippen molar-refractivity contribution in [2.75, 3.05) is 13.2 Å². The van der Waals surface area contributed by atoms with E-state index in [1.54, 1.807) is 0 Å². The molecular weight excluding hydrogens is 226 g/mol. The summed E-state index contributed by atoms with van der Waals surface area (Å²) in [6.07, 6.45) is 3.45. The van der Waals surface area contributed by atoms with Gasteiger partial charge in [-0.2, -0.15) is 0 Å². The summed E-state index contributed by atoms with van der Waals surface area (Å²) in [5.74, 6) is 0.900. The normalized spacial score (nSPS) is 19.7. The summed E-state index contributed by atoms with van der Waals surface area (Å²) >= 11 is 0. The first-order chi connectivity index (χ1) is 8.72. The topological polar surface area (TPSA) is 29.5 Å². The van der Waals surface area contributed by atoms with E-state index in [0.717, 1.165) is 30.7 Å². The summed E-state index contributed by atoms with van der Waals surface area (Å²) in [6, 6.07) is 7.83. The summed E-state index contributed by atoms with van der Waals surface area (Å²) in [5.41, 5.74) is 0.731. The fraction of sp³-hybridized carbons (Fsp3) is 0.533. The molecule has 0 spiro atoms. The Hall–Kier alpha value is -1.51. The summed E-state index contributed by atoms with van der Waals surface area (Å²) in [7, 11) is 0. The van der Waals surface area contributed by atoms with Crippen LogP contribution < -0.4 is 4.74 Å². The van der Waals surface area contributed by atoms with Crippen molar-refractivity contribution in [3.63, 3.8) is 0 Å². The van der Waals surface area contributed by atoms with Crippen LogP contribution in [-0.2, 0) is 0 Å². The molecule has 0 N–H and O–H groups in total. The molecule has 0 aromatic heterocycles. The van der Waals surface area contributed by atoms with Crippen LogP contribution in [0.5, 0.6) is 5.75 Å². The van der Waals surface area contributed by atoms with Gasteiger partial charge in [-0.25, -0.2) is 0 Å². The van der Waals surface area contributed by atoms with Crippen LogP contribution in [0.4, 0.5) is 0 Å². The van der Waals surface area contributed by atoms with Gasteiger partial charge in [0, 0.05) is 18.2 Å². The minimum Gasteiger partial charge on any atom is -0.494 e. The van der Waals surface area contributed by atoms with Crippen molar-refractivity contribution in [3.05, 3.63) is 29.8 Å². The summed E-state index contributed by atoms with van der Waals surface area (Å²) < 4.78 is 5.44. The van der Waals surface area contributed by atoms with Crippen LogP contribution in [0, 0.1) is 0 Å². The number of hydrogen-bond donors (Lipinski definition) is 0. The number of ether oxygens (including phenoxy) is 1. The van der Waals surface area contributed by atoms with Gasteiger partial charge < -0.3 is 9.64 Å². The molecule has 18 heavy (non-hydrogen) atoms. The fourth-order valence-electron chi connectivity index (χ4n) is 2.45. The largest absolute Gasteiger partial charge is 0.494 e. The van der Waals surface area contributed by atoms with Crippen LogP contribution in [0.15, 0.2) is 24.3 Å². The number of carbonyl (C=O) groups excluding carboxylic acids is 1. The molecule has 1 heterocycles. The molecule has 1 aliphatic rings. The van der Waals surface area contributed by atoms with Gasteiger partial charge in [0.2, 0.25) is 0 Å². The molecule has 2 rings (SSSR count). The molecule has 98 valence electrons. The monoisotopic (exact) mass is 247 g/mol. The van der Waals surface area contributed by atoms with E-state index in [1.807, 2.05) is 36.1 Å². The van der Waals surface area contributed by atoms with Crippen LogP contribution in [0.3, 0.4) is 0 Å². The first-order valence-electron chi connectivity index (χ1n) is 6.76. The van der Waals surface area contributed by atoms with Gasteiger partial charge in [-0.1, -0.05) is 6.07 Å². The lowest BCUT2D eigenvalue weighted by atomic mass is 10.0. The highest BCUT2D eigenvalue weighted by Crippen LogP contribution is 2.21. The second-order valence-electron chi connectivity index (χ2n) is 4.80. The van der Waals surface area contributed by atoms with Gasteiger partial charge in [0.05, 0.1) is 6.61 Å². The summed E-state index contributed by atoms with van der Waals surface area (Å²) in [6.45, 7) is 5.57. The zero-order valence-electron chi connectivity index (χ0n) is 11.2. The molecule has 1 unspecified atom stereocenters. The van der Waals surface area contributed by atoms with E-state index in [9.17, 15) is 4.79 Å². The molecule has 1 aromatic carbocycles. The van der Waals surface area contributed by atoms with Gasteiger partial charge in [-0.05, 0) is 51.3 Å². The Morgan fingerprint density at radius 2 is 2.28 bits per heavy atom. The molecular formula is C15H21NO2. The number of rotatable bonds is 3. The molecule has 1 saturated heterocycles. The Morgan fingerprint density at radius 3 is 3.00 bits per heavy atom. The van der Waals surface area contributed by atoms with E-state index < -0.39 is 0 Å². The third kappa shape index (κ3) is 2.84. The van der Waals surface area contributed by atoms with E-state index in [0.29, 0.717) is 12.6 Å². The quantitative estimate of drug-likeness (QED) is 0.821. The zero-order valence-corrected chi connectivity index (χ0v) is 11.2. The lowest BCUT2D eigenvalue weighted by Gasteiger charge is -2.33. The average Bonchev–Trinajstić information content (AvgIpc) is 2.39. The molecule has 0 bridgehead atoms. The lowest BCUT2D eigenvalue weighted by Crippen LogP contribution is -2.42. The Labute approximate surface area is 109 Å². The van der Waals surface area contributed by atoms with Crippen LogP contribution in [-0.4, -0.2) is 30.0 Å². The maximum atomic E-state index is 12.4. The van der Waals surface area contributed by atoms with Crippen LogP contribution in [0.1, 0.15) is 43.5 Å². The molecule has 1 atom stereocenters. The molecule has 0 radical (unpaired) electrons. The minimum absolute atomic E-state index is 0.128. The van der Waals surface area contributed by atoms with E-state index in [-0.39, 0.29) is 5.91 Å². The van der Waals surface area contributed by atoms with Gasteiger partial charge in [0.25, 0.3) is 5.91 Å². The third-order valence-electron chi connectivity index (χ3n) is 3.46. The number of nitrogens with zero attached hydrogens (tertiary/aromatic N) is 1. The molecule has 3 heteroatoms. The maximum absolute atomic E-state index is 12.4. The Bertz CT molecular complexity index is 417. The van der Waals surface area contributed by atoms with Crippen LogP contribution in [0.2, 0.25) is 0 Å². The maximum Gasteiger partial charge on any atom is 0.254 e. The van der Waals surface area contributed by atoms with E-state index in [2.05, 4.69) is 6.92 Å². The molecule has 1 amide bonds. The number of amides is 1. The number of piperidine rings is 1. The van der Waals surface area contributed by atoms with Gasteiger partial charge in [0.15, 0.2) is 0 Å². The van der Waals surface area contributed by atoms with Crippen molar-refractivity contribution < 1.29 is 9.53 Å². The molecule has 1 aromatic rings. The van der Waals surface area contributed by atoms with Crippen LogP contribution >= 0.6 is 0 Å². The fourth-order valence-corrected chi connectivity index (χ4v) is 2.45. The average molecular weight is 247 g/mol. The Morgan fingerprint density at radius 1 is 1.44 bits per heavy atom. The Kier molecular flexibility index (Phi) is 4.24. The molecule has 0 aliphatic carbocycles. The third-order valence-corrected chi connectivity index (χ3v) is 3.46. The van der Waals surface area contributed by atoms with Crippen molar-refractivity contribution >= 4 is 5.91 Å². The van der Waals surface area contributed by atoms with E-state index in [1.165, 1.54) is 6.42 Å². The van der Waals surface area contributed by atoms with Gasteiger partial charge in [-0.3, -0.25) is 4.79 Å². The number of benzene rings is 1. The van der Waals surface area contributed by atoms with Crippen LogP contribution in [0.25, 0.3) is 0 Å². The van der Waals surface area contributed by atoms with Crippen molar-refractivity contribution in [1.29, 1.82) is 0 Å². The summed E-state index contributed by atoms with van der Waals surface area (Å²) in [5, 5.41) is 0. The van der Waals surface area contributed by atoms with Crippen molar-refractivity contribution in [1.82, 2.24) is 4.90 Å². The highest BCUT2D eigenvalue weighted by atomic mass is 16.5. The smallest absolute Gasteiger partial charge is 0.254 e. The van der Waals surface area contributed by atoms with E-state index >= 15 is 0 Å². The van der Waals surface area contributed by atoms with Gasteiger partial charge in [0.1, 0.15) is 5.75 Å². The first-order valence-corrected chi connectivity index (χ1v) is 6.76.